The highest BCUT2D eigenvalue weighted by Gasteiger charge is 2.24. The summed E-state index contributed by atoms with van der Waals surface area (Å²) in [5.41, 5.74) is 0. The van der Waals surface area contributed by atoms with Crippen molar-refractivity contribution in [2.45, 2.75) is 31.8 Å². The Balaban J connectivity index is 1.43. The number of likely N-dealkylation sites (N-methyl/N-ethyl adjacent to an activating group) is 1. The molecule has 126 valence electrons. The van der Waals surface area contributed by atoms with Crippen molar-refractivity contribution < 1.29 is 19.0 Å². The second-order valence-electron chi connectivity index (χ2n) is 6.37. The topological polar surface area (TPSA) is 48.0 Å². The number of para-hydroxylation sites is 2. The van der Waals surface area contributed by atoms with E-state index < -0.39 is 0 Å². The summed E-state index contributed by atoms with van der Waals surface area (Å²) in [5.74, 6) is 2.34. The molecule has 0 N–H and O–H groups in total. The molecule has 1 amide bonds. The molecule has 0 aliphatic carbocycles. The molecule has 23 heavy (non-hydrogen) atoms. The fourth-order valence-electron chi connectivity index (χ4n) is 3.11. The van der Waals surface area contributed by atoms with Crippen molar-refractivity contribution in [2.75, 3.05) is 33.4 Å². The van der Waals surface area contributed by atoms with Gasteiger partial charge in [0.05, 0.1) is 6.54 Å². The maximum Gasteiger partial charge on any atom is 0.222 e. The number of carbonyl (C=O) groups excluding carboxylic acids is 1. The third-order valence-electron chi connectivity index (χ3n) is 4.58. The molecular weight excluding hydrogens is 294 g/mol. The maximum absolute atomic E-state index is 12.3. The summed E-state index contributed by atoms with van der Waals surface area (Å²) in [6, 6.07) is 7.64. The lowest BCUT2D eigenvalue weighted by atomic mass is 9.95. The largest absolute Gasteiger partial charge is 0.486 e. The number of nitrogens with zero attached hydrogens (tertiary/aromatic N) is 1. The monoisotopic (exact) mass is 319 g/mol. The minimum absolute atomic E-state index is 0.109. The molecule has 2 heterocycles. The molecule has 5 nitrogen and oxygen atoms in total. The molecule has 0 saturated carbocycles. The zero-order chi connectivity index (χ0) is 16.1. The van der Waals surface area contributed by atoms with Crippen LogP contribution in [-0.2, 0) is 9.53 Å². The Kier molecular flexibility index (Phi) is 5.39. The van der Waals surface area contributed by atoms with Gasteiger partial charge in [-0.05, 0) is 37.3 Å². The van der Waals surface area contributed by atoms with E-state index in [1.165, 1.54) is 0 Å². The standard InChI is InChI=1S/C18H25NO4/c1-19(18(20)7-6-14-8-10-21-11-9-14)12-15-13-22-16-4-2-3-5-17(16)23-15/h2-5,14-15H,6-13H2,1H3. The lowest BCUT2D eigenvalue weighted by Gasteiger charge is -2.30. The van der Waals surface area contributed by atoms with E-state index in [2.05, 4.69) is 0 Å². The van der Waals surface area contributed by atoms with Crippen LogP contribution in [0.15, 0.2) is 24.3 Å². The van der Waals surface area contributed by atoms with Gasteiger partial charge >= 0.3 is 0 Å². The molecule has 5 heteroatoms. The van der Waals surface area contributed by atoms with Gasteiger partial charge in [0.2, 0.25) is 5.91 Å². The van der Waals surface area contributed by atoms with Crippen LogP contribution in [0.1, 0.15) is 25.7 Å². The van der Waals surface area contributed by atoms with Gasteiger partial charge in [-0.3, -0.25) is 4.79 Å². The van der Waals surface area contributed by atoms with Gasteiger partial charge < -0.3 is 19.1 Å². The third kappa shape index (κ3) is 4.38. The first-order valence-electron chi connectivity index (χ1n) is 8.42. The lowest BCUT2D eigenvalue weighted by Crippen LogP contribution is -2.41. The van der Waals surface area contributed by atoms with Gasteiger partial charge in [0.25, 0.3) is 0 Å². The van der Waals surface area contributed by atoms with Crippen LogP contribution >= 0.6 is 0 Å². The molecule has 1 aromatic carbocycles. The molecular formula is C18H25NO4. The van der Waals surface area contributed by atoms with Gasteiger partial charge in [-0.15, -0.1) is 0 Å². The zero-order valence-corrected chi connectivity index (χ0v) is 13.7. The van der Waals surface area contributed by atoms with Crippen LogP contribution < -0.4 is 9.47 Å². The molecule has 0 radical (unpaired) electrons. The summed E-state index contributed by atoms with van der Waals surface area (Å²) in [6.45, 7) is 2.71. The first kappa shape index (κ1) is 16.1. The highest BCUT2D eigenvalue weighted by molar-refractivity contribution is 5.75. The molecule has 0 aromatic heterocycles. The summed E-state index contributed by atoms with van der Waals surface area (Å²) in [7, 11) is 1.84. The van der Waals surface area contributed by atoms with Crippen molar-refractivity contribution in [2.24, 2.45) is 5.92 Å². The molecule has 2 aliphatic heterocycles. The van der Waals surface area contributed by atoms with Crippen LogP contribution in [0.25, 0.3) is 0 Å². The van der Waals surface area contributed by atoms with Crippen LogP contribution in [-0.4, -0.2) is 50.3 Å². The van der Waals surface area contributed by atoms with E-state index in [0.29, 0.717) is 25.5 Å². The highest BCUT2D eigenvalue weighted by atomic mass is 16.6. The van der Waals surface area contributed by atoms with Crippen LogP contribution in [0.5, 0.6) is 11.5 Å². The Morgan fingerprint density at radius 2 is 1.96 bits per heavy atom. The van der Waals surface area contributed by atoms with Crippen molar-refractivity contribution >= 4 is 5.91 Å². The summed E-state index contributed by atoms with van der Waals surface area (Å²) in [6.07, 6.45) is 3.60. The summed E-state index contributed by atoms with van der Waals surface area (Å²) < 4.78 is 17.0. The number of carbonyl (C=O) groups is 1. The van der Waals surface area contributed by atoms with E-state index in [4.69, 9.17) is 14.2 Å². The Bertz CT molecular complexity index is 528. The number of amides is 1. The van der Waals surface area contributed by atoms with Crippen molar-refractivity contribution in [1.82, 2.24) is 4.90 Å². The summed E-state index contributed by atoms with van der Waals surface area (Å²) >= 11 is 0. The number of fused-ring (bicyclic) bond motifs is 1. The van der Waals surface area contributed by atoms with Gasteiger partial charge in [0.15, 0.2) is 17.6 Å². The lowest BCUT2D eigenvalue weighted by molar-refractivity contribution is -0.131. The average molecular weight is 319 g/mol. The smallest absolute Gasteiger partial charge is 0.222 e. The van der Waals surface area contributed by atoms with E-state index in [-0.39, 0.29) is 12.0 Å². The summed E-state index contributed by atoms with van der Waals surface area (Å²) in [5, 5.41) is 0. The fourth-order valence-corrected chi connectivity index (χ4v) is 3.11. The number of hydrogen-bond donors (Lipinski definition) is 0. The van der Waals surface area contributed by atoms with E-state index >= 15 is 0 Å². The van der Waals surface area contributed by atoms with Gasteiger partial charge in [-0.2, -0.15) is 0 Å². The molecule has 1 saturated heterocycles. The van der Waals surface area contributed by atoms with Gasteiger partial charge in [-0.1, -0.05) is 12.1 Å². The number of ether oxygens (including phenoxy) is 3. The zero-order valence-electron chi connectivity index (χ0n) is 13.7. The number of benzene rings is 1. The van der Waals surface area contributed by atoms with E-state index in [1.807, 2.05) is 31.3 Å². The maximum atomic E-state index is 12.3. The first-order valence-corrected chi connectivity index (χ1v) is 8.42. The van der Waals surface area contributed by atoms with Crippen molar-refractivity contribution in [3.05, 3.63) is 24.3 Å². The highest BCUT2D eigenvalue weighted by Crippen LogP contribution is 2.31. The molecule has 2 aliphatic rings. The van der Waals surface area contributed by atoms with Gasteiger partial charge in [0, 0.05) is 26.7 Å². The minimum atomic E-state index is -0.109. The quantitative estimate of drug-likeness (QED) is 0.836. The predicted molar refractivity (Wildman–Crippen MR) is 86.8 cm³/mol. The molecule has 3 rings (SSSR count). The van der Waals surface area contributed by atoms with Gasteiger partial charge in [0.1, 0.15) is 6.61 Å². The normalized spacial score (nSPS) is 21.0. The van der Waals surface area contributed by atoms with E-state index in [9.17, 15) is 4.79 Å². The minimum Gasteiger partial charge on any atom is -0.486 e. The van der Waals surface area contributed by atoms with Crippen LogP contribution in [0, 0.1) is 5.92 Å². The van der Waals surface area contributed by atoms with Crippen LogP contribution in [0.2, 0.25) is 0 Å². The van der Waals surface area contributed by atoms with Gasteiger partial charge in [-0.25, -0.2) is 0 Å². The molecule has 1 aromatic rings. The Labute approximate surface area is 137 Å². The second kappa shape index (κ2) is 7.68. The molecule has 0 bridgehead atoms. The van der Waals surface area contributed by atoms with Crippen LogP contribution in [0.4, 0.5) is 0 Å². The van der Waals surface area contributed by atoms with Crippen molar-refractivity contribution in [1.29, 1.82) is 0 Å². The van der Waals surface area contributed by atoms with Crippen molar-refractivity contribution in [3.63, 3.8) is 0 Å². The van der Waals surface area contributed by atoms with Crippen LogP contribution in [0.3, 0.4) is 0 Å². The fraction of sp³-hybridized carbons (Fsp3) is 0.611. The number of rotatable bonds is 5. The van der Waals surface area contributed by atoms with E-state index in [0.717, 1.165) is 44.0 Å². The molecule has 1 unspecified atom stereocenters. The molecule has 1 atom stereocenters. The number of hydrogen-bond acceptors (Lipinski definition) is 4. The summed E-state index contributed by atoms with van der Waals surface area (Å²) in [4.78, 5) is 14.1. The second-order valence-corrected chi connectivity index (χ2v) is 6.37. The van der Waals surface area contributed by atoms with Crippen molar-refractivity contribution in [3.8, 4) is 11.5 Å². The Morgan fingerprint density at radius 3 is 2.74 bits per heavy atom. The molecule has 0 spiro atoms. The SMILES string of the molecule is CN(CC1COc2ccccc2O1)C(=O)CCC1CCOCC1. The average Bonchev–Trinajstić information content (AvgIpc) is 2.60. The third-order valence-corrected chi connectivity index (χ3v) is 4.58. The first-order chi connectivity index (χ1) is 11.2. The Morgan fingerprint density at radius 1 is 1.22 bits per heavy atom. The predicted octanol–water partition coefficient (Wildman–Crippen LogP) is 2.49. The molecule has 1 fully saturated rings. The van der Waals surface area contributed by atoms with E-state index in [1.54, 1.807) is 4.90 Å². The Hall–Kier alpha value is -1.75.